The zero-order chi connectivity index (χ0) is 60.9. The van der Waals surface area contributed by atoms with Gasteiger partial charge in [-0.15, -0.1) is 0 Å². The molecule has 0 aromatic rings. The average molecular weight is 1180 g/mol. The lowest BCUT2D eigenvalue weighted by Crippen LogP contribution is -2.65. The molecule has 0 bridgehead atoms. The fourth-order valence-electron chi connectivity index (χ4n) is 10.4. The number of hydrogen-bond acceptors (Lipinski definition) is 13. The standard InChI is InChI=1S/C70H121NO13/c1-3-5-7-9-11-13-15-17-18-19-20-21-22-23-24-25-26-27-28-29-30-31-32-33-34-35-36-37-38-39-40-42-44-46-48-50-52-54-62(75)71-58(59(74)53-51-49-47-45-43-41-16-14-12-10-8-6-4-2)57-81-69-67(80)65(78)68(61(56-73)83-69)84-70-66(79)64(77)63(76)60(55-72)82-70/h5,7,11,13,17-18,20-21,23-24,26-27,43,45,51,53,58-61,63-70,72-74,76-80H,3-4,6,8-10,12,14-16,19,22,25,28-42,44,46-50,52,54-57H2,1-2H3,(H,71,75)/b7-5-,13-11-,18-17-,21-20-,24-23-,27-26-,45-43+,53-51+. The van der Waals surface area contributed by atoms with Gasteiger partial charge in [-0.25, -0.2) is 0 Å². The fraction of sp³-hybridized carbons (Fsp3) is 0.757. The zero-order valence-electron chi connectivity index (χ0n) is 52.4. The summed E-state index contributed by atoms with van der Waals surface area (Å²) < 4.78 is 22.8. The number of aliphatic hydroxyl groups excluding tert-OH is 8. The number of rotatable bonds is 53. The summed E-state index contributed by atoms with van der Waals surface area (Å²) in [4.78, 5) is 13.3. The normalized spacial score (nSPS) is 24.3. The molecule has 0 aliphatic carbocycles. The summed E-state index contributed by atoms with van der Waals surface area (Å²) in [7, 11) is 0. The van der Waals surface area contributed by atoms with Gasteiger partial charge in [-0.1, -0.05) is 252 Å². The Morgan fingerprint density at radius 1 is 0.440 bits per heavy atom. The molecule has 14 nitrogen and oxygen atoms in total. The first kappa shape index (κ1) is 77.0. The van der Waals surface area contributed by atoms with Gasteiger partial charge in [0.05, 0.1) is 32.0 Å². The van der Waals surface area contributed by atoms with Crippen LogP contribution in [0.2, 0.25) is 0 Å². The van der Waals surface area contributed by atoms with Crippen molar-refractivity contribution in [1.29, 1.82) is 0 Å². The lowest BCUT2D eigenvalue weighted by Gasteiger charge is -2.46. The zero-order valence-corrected chi connectivity index (χ0v) is 52.4. The topological polar surface area (TPSA) is 228 Å². The predicted molar refractivity (Wildman–Crippen MR) is 341 cm³/mol. The minimum atomic E-state index is -1.79. The van der Waals surface area contributed by atoms with Gasteiger partial charge < -0.3 is 65.1 Å². The van der Waals surface area contributed by atoms with Crippen LogP contribution in [0.5, 0.6) is 0 Å². The number of nitrogens with one attached hydrogen (secondary N) is 1. The molecule has 0 radical (unpaired) electrons. The maximum absolute atomic E-state index is 13.3. The minimum Gasteiger partial charge on any atom is -0.394 e. The van der Waals surface area contributed by atoms with Gasteiger partial charge in [-0.3, -0.25) is 4.79 Å². The number of amides is 1. The second-order valence-corrected chi connectivity index (χ2v) is 23.2. The Hall–Kier alpha value is -3.09. The smallest absolute Gasteiger partial charge is 0.220 e. The number of carbonyl (C=O) groups is 1. The molecule has 2 rings (SSSR count). The van der Waals surface area contributed by atoms with E-state index in [4.69, 9.17) is 18.9 Å². The van der Waals surface area contributed by atoms with Gasteiger partial charge >= 0.3 is 0 Å². The third kappa shape index (κ3) is 38.2. The lowest BCUT2D eigenvalue weighted by molar-refractivity contribution is -0.359. The van der Waals surface area contributed by atoms with E-state index in [0.717, 1.165) is 70.6 Å². The molecule has 0 spiro atoms. The van der Waals surface area contributed by atoms with Gasteiger partial charge in [0, 0.05) is 6.42 Å². The second-order valence-electron chi connectivity index (χ2n) is 23.2. The first-order chi connectivity index (χ1) is 41.1. The first-order valence-corrected chi connectivity index (χ1v) is 33.5. The molecule has 2 heterocycles. The molecule has 2 saturated heterocycles. The molecule has 12 atom stereocenters. The van der Waals surface area contributed by atoms with Gasteiger partial charge in [0.15, 0.2) is 12.6 Å². The fourth-order valence-corrected chi connectivity index (χ4v) is 10.4. The highest BCUT2D eigenvalue weighted by atomic mass is 16.7. The third-order valence-electron chi connectivity index (χ3n) is 15.8. The summed E-state index contributed by atoms with van der Waals surface area (Å²) in [5, 5.41) is 87.1. The highest BCUT2D eigenvalue weighted by molar-refractivity contribution is 5.76. The summed E-state index contributed by atoms with van der Waals surface area (Å²) in [6, 6.07) is -0.934. The van der Waals surface area contributed by atoms with Crippen LogP contribution in [-0.2, 0) is 23.7 Å². The van der Waals surface area contributed by atoms with E-state index < -0.39 is 86.8 Å². The number of carbonyl (C=O) groups excluding carboxylic acids is 1. The number of aliphatic hydroxyl groups is 8. The molecule has 9 N–H and O–H groups in total. The van der Waals surface area contributed by atoms with Gasteiger partial charge in [-0.2, -0.15) is 0 Å². The maximum atomic E-state index is 13.3. The first-order valence-electron chi connectivity index (χ1n) is 33.5. The number of hydrogen-bond donors (Lipinski definition) is 9. The van der Waals surface area contributed by atoms with Crippen molar-refractivity contribution in [1.82, 2.24) is 5.32 Å². The van der Waals surface area contributed by atoms with E-state index in [1.54, 1.807) is 6.08 Å². The van der Waals surface area contributed by atoms with Crippen molar-refractivity contribution in [3.63, 3.8) is 0 Å². The summed E-state index contributed by atoms with van der Waals surface area (Å²) in [5.41, 5.74) is 0. The van der Waals surface area contributed by atoms with E-state index in [0.29, 0.717) is 12.8 Å². The van der Waals surface area contributed by atoms with Crippen LogP contribution in [0.3, 0.4) is 0 Å². The molecule has 12 unspecified atom stereocenters. The lowest BCUT2D eigenvalue weighted by atomic mass is 9.97. The van der Waals surface area contributed by atoms with Crippen LogP contribution in [0.25, 0.3) is 0 Å². The molecular weight excluding hydrogens is 1060 g/mol. The Balaban J connectivity index is 1.60. The molecule has 14 heteroatoms. The largest absolute Gasteiger partial charge is 0.394 e. The molecule has 484 valence electrons. The van der Waals surface area contributed by atoms with Crippen LogP contribution in [0.15, 0.2) is 97.2 Å². The molecule has 0 aromatic heterocycles. The number of ether oxygens (including phenoxy) is 4. The molecule has 84 heavy (non-hydrogen) atoms. The molecule has 2 aliphatic rings. The van der Waals surface area contributed by atoms with Crippen molar-refractivity contribution >= 4 is 5.91 Å². The van der Waals surface area contributed by atoms with Gasteiger partial charge in [0.2, 0.25) is 5.91 Å². The van der Waals surface area contributed by atoms with Crippen LogP contribution < -0.4 is 5.32 Å². The predicted octanol–water partition coefficient (Wildman–Crippen LogP) is 13.0. The van der Waals surface area contributed by atoms with Crippen LogP contribution in [0, 0.1) is 0 Å². The molecule has 1 amide bonds. The van der Waals surface area contributed by atoms with Gasteiger partial charge in [0.1, 0.15) is 48.8 Å². The number of allylic oxidation sites excluding steroid dienone is 15. The van der Waals surface area contributed by atoms with E-state index in [-0.39, 0.29) is 18.9 Å². The Kier molecular flexibility index (Phi) is 49.6. The second kappa shape index (κ2) is 54.1. The number of unbranched alkanes of at least 4 members (excludes halogenated alkanes) is 26. The van der Waals surface area contributed by atoms with Gasteiger partial charge in [-0.05, 0) is 83.5 Å². The Labute approximate surface area is 509 Å². The van der Waals surface area contributed by atoms with Gasteiger partial charge in [0.25, 0.3) is 0 Å². The van der Waals surface area contributed by atoms with Crippen molar-refractivity contribution in [2.24, 2.45) is 0 Å². The maximum Gasteiger partial charge on any atom is 0.220 e. The van der Waals surface area contributed by atoms with E-state index >= 15 is 0 Å². The highest BCUT2D eigenvalue weighted by Gasteiger charge is 2.51. The Morgan fingerprint density at radius 2 is 0.833 bits per heavy atom. The summed E-state index contributed by atoms with van der Waals surface area (Å²) in [5.74, 6) is -0.251. The van der Waals surface area contributed by atoms with E-state index in [2.05, 4.69) is 104 Å². The van der Waals surface area contributed by atoms with Crippen LogP contribution in [0.4, 0.5) is 0 Å². The molecule has 2 aliphatic heterocycles. The molecular formula is C70H121NO13. The average Bonchev–Trinajstić information content (AvgIpc) is 2.58. The summed E-state index contributed by atoms with van der Waals surface area (Å²) >= 11 is 0. The molecule has 0 aromatic carbocycles. The van der Waals surface area contributed by atoms with Crippen LogP contribution >= 0.6 is 0 Å². The summed E-state index contributed by atoms with van der Waals surface area (Å²) in [6.45, 7) is 2.65. The Bertz CT molecular complexity index is 1780. The third-order valence-corrected chi connectivity index (χ3v) is 15.8. The van der Waals surface area contributed by atoms with E-state index in [9.17, 15) is 45.6 Å². The molecule has 2 fully saturated rings. The van der Waals surface area contributed by atoms with E-state index in [1.165, 1.54) is 141 Å². The monoisotopic (exact) mass is 1180 g/mol. The van der Waals surface area contributed by atoms with E-state index in [1.807, 2.05) is 6.08 Å². The van der Waals surface area contributed by atoms with Crippen LogP contribution in [-0.4, -0.2) is 140 Å². The summed E-state index contributed by atoms with van der Waals surface area (Å²) in [6.07, 6.45) is 59.1. The van der Waals surface area contributed by atoms with Crippen LogP contribution in [0.1, 0.15) is 245 Å². The van der Waals surface area contributed by atoms with Crippen molar-refractivity contribution in [2.45, 2.75) is 319 Å². The van der Waals surface area contributed by atoms with Crippen molar-refractivity contribution in [2.75, 3.05) is 19.8 Å². The van der Waals surface area contributed by atoms with Crippen molar-refractivity contribution < 1.29 is 64.6 Å². The minimum absolute atomic E-state index is 0.251. The Morgan fingerprint density at radius 3 is 1.31 bits per heavy atom. The van der Waals surface area contributed by atoms with Crippen molar-refractivity contribution in [3.05, 3.63) is 97.2 Å². The SMILES string of the molecule is CC/C=C\C/C=C\C/C=C\C/C=C\C/C=C\C/C=C\CCCCCCCCCCCCCCCCCCCCC(=O)NC(COC1OC(CO)C(OC2OC(CO)C(O)C(O)C2O)C(O)C1O)C(O)/C=C/CC/C=C/CCCCCCCCC. The highest BCUT2D eigenvalue weighted by Crippen LogP contribution is 2.30. The quantitative estimate of drug-likeness (QED) is 0.0204. The van der Waals surface area contributed by atoms with Crippen molar-refractivity contribution in [3.8, 4) is 0 Å². The molecule has 0 saturated carbocycles.